The maximum absolute atomic E-state index is 10.6. The van der Waals surface area contributed by atoms with Crippen LogP contribution in [0.25, 0.3) is 6.08 Å². The zero-order chi connectivity index (χ0) is 10.2. The van der Waals surface area contributed by atoms with Gasteiger partial charge in [0.05, 0.1) is 7.11 Å². The molecule has 0 aliphatic heterocycles. The second-order valence-electron chi connectivity index (χ2n) is 2.93. The summed E-state index contributed by atoms with van der Waals surface area (Å²) in [7, 11) is 1.36. The number of carbonyl (C=O) groups is 1. The standard InChI is InChI=1S/C8H8O2S.C3H6/c1-10-8(9)5-4-7-3-2-6-11-7;1-2-3-1/h2-6H,1H3;1-3H2. The lowest BCUT2D eigenvalue weighted by atomic mass is 10.4. The number of hydrogen-bond acceptors (Lipinski definition) is 3. The van der Waals surface area contributed by atoms with Gasteiger partial charge in [0.25, 0.3) is 0 Å². The van der Waals surface area contributed by atoms with Crippen molar-refractivity contribution in [1.29, 1.82) is 0 Å². The van der Waals surface area contributed by atoms with Crippen LogP contribution in [0, 0.1) is 0 Å². The van der Waals surface area contributed by atoms with Crippen molar-refractivity contribution in [3.8, 4) is 0 Å². The number of esters is 1. The van der Waals surface area contributed by atoms with Gasteiger partial charge in [-0.15, -0.1) is 11.3 Å². The van der Waals surface area contributed by atoms with Gasteiger partial charge in [-0.3, -0.25) is 0 Å². The van der Waals surface area contributed by atoms with Crippen molar-refractivity contribution in [1.82, 2.24) is 0 Å². The van der Waals surface area contributed by atoms with Crippen molar-refractivity contribution >= 4 is 23.4 Å². The summed E-state index contributed by atoms with van der Waals surface area (Å²) in [6.45, 7) is 0. The minimum Gasteiger partial charge on any atom is -0.466 e. The molecule has 3 heteroatoms. The van der Waals surface area contributed by atoms with Crippen molar-refractivity contribution in [3.63, 3.8) is 0 Å². The summed E-state index contributed by atoms with van der Waals surface area (Å²) >= 11 is 1.58. The van der Waals surface area contributed by atoms with Gasteiger partial charge in [0.1, 0.15) is 0 Å². The topological polar surface area (TPSA) is 26.3 Å². The Morgan fingerprint density at radius 3 is 2.64 bits per heavy atom. The second-order valence-corrected chi connectivity index (χ2v) is 3.91. The third-order valence-electron chi connectivity index (χ3n) is 1.48. The van der Waals surface area contributed by atoms with Crippen LogP contribution in [0.4, 0.5) is 0 Å². The van der Waals surface area contributed by atoms with Crippen molar-refractivity contribution in [2.24, 2.45) is 0 Å². The molecule has 2 rings (SSSR count). The van der Waals surface area contributed by atoms with E-state index in [1.54, 1.807) is 17.4 Å². The van der Waals surface area contributed by atoms with Gasteiger partial charge in [-0.05, 0) is 17.5 Å². The Labute approximate surface area is 88.2 Å². The lowest BCUT2D eigenvalue weighted by molar-refractivity contribution is -0.134. The van der Waals surface area contributed by atoms with E-state index < -0.39 is 0 Å². The summed E-state index contributed by atoms with van der Waals surface area (Å²) in [4.78, 5) is 11.7. The molecule has 0 bridgehead atoms. The van der Waals surface area contributed by atoms with Crippen molar-refractivity contribution in [2.45, 2.75) is 19.3 Å². The second kappa shape index (κ2) is 6.38. The van der Waals surface area contributed by atoms with E-state index >= 15 is 0 Å². The van der Waals surface area contributed by atoms with Crippen molar-refractivity contribution < 1.29 is 9.53 Å². The molecule has 1 aliphatic carbocycles. The fourth-order valence-electron chi connectivity index (χ4n) is 0.604. The largest absolute Gasteiger partial charge is 0.466 e. The van der Waals surface area contributed by atoms with E-state index in [4.69, 9.17) is 0 Å². The highest BCUT2D eigenvalue weighted by atomic mass is 32.1. The molecule has 76 valence electrons. The molecule has 0 spiro atoms. The smallest absolute Gasteiger partial charge is 0.330 e. The molecule has 1 aromatic rings. The highest BCUT2D eigenvalue weighted by molar-refractivity contribution is 7.10. The average Bonchev–Trinajstić information content (AvgIpc) is 3.01. The number of methoxy groups -OCH3 is 1. The number of thiophene rings is 1. The zero-order valence-corrected chi connectivity index (χ0v) is 9.05. The summed E-state index contributed by atoms with van der Waals surface area (Å²) in [5.74, 6) is -0.321. The first-order valence-electron chi connectivity index (χ1n) is 4.62. The van der Waals surface area contributed by atoms with Gasteiger partial charge in [-0.2, -0.15) is 0 Å². The lowest BCUT2D eigenvalue weighted by Crippen LogP contribution is -1.92. The van der Waals surface area contributed by atoms with Crippen LogP contribution in [0.5, 0.6) is 0 Å². The van der Waals surface area contributed by atoms with E-state index in [1.807, 2.05) is 17.5 Å². The van der Waals surface area contributed by atoms with Crippen LogP contribution in [0.15, 0.2) is 23.6 Å². The third kappa shape index (κ3) is 5.54. The third-order valence-corrected chi connectivity index (χ3v) is 2.32. The summed E-state index contributed by atoms with van der Waals surface area (Å²) < 4.78 is 4.43. The average molecular weight is 210 g/mol. The van der Waals surface area contributed by atoms with Crippen LogP contribution in [0.2, 0.25) is 0 Å². The van der Waals surface area contributed by atoms with Crippen LogP contribution in [0.1, 0.15) is 24.1 Å². The van der Waals surface area contributed by atoms with E-state index in [2.05, 4.69) is 4.74 Å². The van der Waals surface area contributed by atoms with E-state index in [-0.39, 0.29) is 5.97 Å². The predicted molar refractivity (Wildman–Crippen MR) is 59.2 cm³/mol. The van der Waals surface area contributed by atoms with Gasteiger partial charge in [-0.25, -0.2) is 4.79 Å². The Balaban J connectivity index is 0.000000276. The maximum atomic E-state index is 10.6. The Hall–Kier alpha value is -1.09. The normalized spacial score (nSPS) is 13.2. The molecule has 0 unspecified atom stereocenters. The fraction of sp³-hybridized carbons (Fsp3) is 0.364. The Morgan fingerprint density at radius 2 is 2.21 bits per heavy atom. The first-order valence-corrected chi connectivity index (χ1v) is 5.50. The van der Waals surface area contributed by atoms with Gasteiger partial charge in [0, 0.05) is 11.0 Å². The van der Waals surface area contributed by atoms with Crippen molar-refractivity contribution in [2.75, 3.05) is 7.11 Å². The van der Waals surface area contributed by atoms with Gasteiger partial charge < -0.3 is 4.74 Å². The van der Waals surface area contributed by atoms with Gasteiger partial charge >= 0.3 is 5.97 Å². The lowest BCUT2D eigenvalue weighted by Gasteiger charge is -1.87. The molecule has 1 aliphatic rings. The van der Waals surface area contributed by atoms with Gasteiger partial charge in [0.15, 0.2) is 0 Å². The number of hydrogen-bond donors (Lipinski definition) is 0. The van der Waals surface area contributed by atoms with E-state index in [0.717, 1.165) is 4.88 Å². The highest BCUT2D eigenvalue weighted by Gasteiger charge is 1.95. The molecule has 0 aromatic carbocycles. The van der Waals surface area contributed by atoms with Crippen LogP contribution < -0.4 is 0 Å². The summed E-state index contributed by atoms with van der Waals surface area (Å²) in [6, 6.07) is 3.87. The molecular formula is C11H14O2S. The molecule has 1 saturated carbocycles. The van der Waals surface area contributed by atoms with E-state index in [0.29, 0.717) is 0 Å². The molecule has 0 atom stereocenters. The predicted octanol–water partition coefficient (Wildman–Crippen LogP) is 3.10. The highest BCUT2D eigenvalue weighted by Crippen LogP contribution is 2.14. The van der Waals surface area contributed by atoms with Gasteiger partial charge in [0.2, 0.25) is 0 Å². The van der Waals surface area contributed by atoms with Crippen LogP contribution in [0.3, 0.4) is 0 Å². The minimum atomic E-state index is -0.321. The molecule has 0 radical (unpaired) electrons. The molecule has 14 heavy (non-hydrogen) atoms. The Morgan fingerprint density at radius 1 is 1.50 bits per heavy atom. The zero-order valence-electron chi connectivity index (χ0n) is 8.23. The minimum absolute atomic E-state index is 0.321. The first-order chi connectivity index (χ1) is 6.83. The van der Waals surface area contributed by atoms with Crippen LogP contribution in [-0.4, -0.2) is 13.1 Å². The number of carbonyl (C=O) groups excluding carboxylic acids is 1. The van der Waals surface area contributed by atoms with E-state index in [9.17, 15) is 4.79 Å². The molecule has 0 amide bonds. The summed E-state index contributed by atoms with van der Waals surface area (Å²) in [5.41, 5.74) is 0. The maximum Gasteiger partial charge on any atom is 0.330 e. The van der Waals surface area contributed by atoms with Crippen LogP contribution >= 0.6 is 11.3 Å². The van der Waals surface area contributed by atoms with Crippen molar-refractivity contribution in [3.05, 3.63) is 28.5 Å². The number of ether oxygens (including phenoxy) is 1. The fourth-order valence-corrected chi connectivity index (χ4v) is 1.22. The van der Waals surface area contributed by atoms with Gasteiger partial charge in [-0.1, -0.05) is 25.3 Å². The monoisotopic (exact) mass is 210 g/mol. The SMILES string of the molecule is C1CC1.COC(=O)C=Cc1cccs1. The molecular weight excluding hydrogens is 196 g/mol. The molecule has 1 aromatic heterocycles. The number of rotatable bonds is 2. The molecule has 1 fully saturated rings. The Kier molecular flexibility index (Phi) is 5.00. The quantitative estimate of drug-likeness (QED) is 0.554. The molecule has 1 heterocycles. The summed E-state index contributed by atoms with van der Waals surface area (Å²) in [5, 5.41) is 1.96. The first kappa shape index (κ1) is 11.0. The Bertz CT molecular complexity index is 283. The molecule has 2 nitrogen and oxygen atoms in total. The van der Waals surface area contributed by atoms with E-state index in [1.165, 1.54) is 32.4 Å². The summed E-state index contributed by atoms with van der Waals surface area (Å²) in [6.07, 6.45) is 7.64. The van der Waals surface area contributed by atoms with Crippen LogP contribution in [-0.2, 0) is 9.53 Å². The molecule has 0 saturated heterocycles. The molecule has 0 N–H and O–H groups in total.